The number of fused-ring (bicyclic) bond motifs is 1. The smallest absolute Gasteiger partial charge is 0.104 e. The molecule has 1 unspecified atom stereocenters. The number of aromatic amines is 1. The SMILES string of the molecule is CCN(Cc1ccc(C)cc1)C(C)c1ccc2nc(C)[nH]c2c1. The third-order valence-corrected chi connectivity index (χ3v) is 4.57. The molecule has 3 nitrogen and oxygen atoms in total. The van der Waals surface area contributed by atoms with Gasteiger partial charge in [0.05, 0.1) is 11.0 Å². The van der Waals surface area contributed by atoms with E-state index in [1.807, 2.05) is 6.92 Å². The first-order valence-corrected chi connectivity index (χ1v) is 8.32. The number of aryl methyl sites for hydroxylation is 2. The lowest BCUT2D eigenvalue weighted by Crippen LogP contribution is -2.26. The van der Waals surface area contributed by atoms with Crippen molar-refractivity contribution in [3.63, 3.8) is 0 Å². The number of nitrogens with zero attached hydrogens (tertiary/aromatic N) is 2. The summed E-state index contributed by atoms with van der Waals surface area (Å²) in [6, 6.07) is 15.8. The zero-order chi connectivity index (χ0) is 16.4. The van der Waals surface area contributed by atoms with E-state index >= 15 is 0 Å². The molecule has 3 aromatic rings. The van der Waals surface area contributed by atoms with Crippen LogP contribution in [0.15, 0.2) is 42.5 Å². The minimum Gasteiger partial charge on any atom is -0.342 e. The Morgan fingerprint density at radius 3 is 2.52 bits per heavy atom. The van der Waals surface area contributed by atoms with E-state index in [1.54, 1.807) is 0 Å². The van der Waals surface area contributed by atoms with Crippen LogP contribution in [0.5, 0.6) is 0 Å². The number of hydrogen-bond donors (Lipinski definition) is 1. The number of imidazole rings is 1. The summed E-state index contributed by atoms with van der Waals surface area (Å²) in [6.45, 7) is 10.6. The summed E-state index contributed by atoms with van der Waals surface area (Å²) in [5.74, 6) is 0.969. The first kappa shape index (κ1) is 15.8. The molecule has 3 heteroatoms. The van der Waals surface area contributed by atoms with Crippen molar-refractivity contribution in [3.05, 3.63) is 65.0 Å². The molecule has 0 radical (unpaired) electrons. The molecule has 2 aromatic carbocycles. The fourth-order valence-corrected chi connectivity index (χ4v) is 3.08. The van der Waals surface area contributed by atoms with Crippen LogP contribution in [0, 0.1) is 13.8 Å². The van der Waals surface area contributed by atoms with Gasteiger partial charge in [-0.2, -0.15) is 0 Å². The van der Waals surface area contributed by atoms with E-state index < -0.39 is 0 Å². The quantitative estimate of drug-likeness (QED) is 0.737. The molecule has 1 aromatic heterocycles. The summed E-state index contributed by atoms with van der Waals surface area (Å²) in [5.41, 5.74) is 6.17. The molecule has 0 saturated carbocycles. The molecule has 1 heterocycles. The van der Waals surface area contributed by atoms with Gasteiger partial charge in [-0.05, 0) is 50.6 Å². The van der Waals surface area contributed by atoms with Crippen LogP contribution in [0.1, 0.15) is 42.4 Å². The van der Waals surface area contributed by atoms with Gasteiger partial charge < -0.3 is 4.98 Å². The van der Waals surface area contributed by atoms with Crippen molar-refractivity contribution >= 4 is 11.0 Å². The lowest BCUT2D eigenvalue weighted by atomic mass is 10.0. The Hall–Kier alpha value is -2.13. The molecule has 1 N–H and O–H groups in total. The summed E-state index contributed by atoms with van der Waals surface area (Å²) < 4.78 is 0. The molecule has 0 bridgehead atoms. The van der Waals surface area contributed by atoms with Crippen LogP contribution in [0.4, 0.5) is 0 Å². The molecule has 0 spiro atoms. The van der Waals surface area contributed by atoms with Gasteiger partial charge in [0, 0.05) is 12.6 Å². The van der Waals surface area contributed by atoms with Crippen molar-refractivity contribution < 1.29 is 0 Å². The first-order chi connectivity index (χ1) is 11.1. The molecule has 23 heavy (non-hydrogen) atoms. The molecule has 120 valence electrons. The summed E-state index contributed by atoms with van der Waals surface area (Å²) in [7, 11) is 0. The normalized spacial score (nSPS) is 12.9. The Bertz CT molecular complexity index is 786. The van der Waals surface area contributed by atoms with Crippen molar-refractivity contribution in [3.8, 4) is 0 Å². The molecule has 3 rings (SSSR count). The van der Waals surface area contributed by atoms with Crippen molar-refractivity contribution in [2.45, 2.75) is 40.3 Å². The molecule has 0 aliphatic rings. The molecule has 0 saturated heterocycles. The number of benzene rings is 2. The monoisotopic (exact) mass is 307 g/mol. The molecular formula is C20H25N3. The average molecular weight is 307 g/mol. The van der Waals surface area contributed by atoms with Crippen molar-refractivity contribution in [1.29, 1.82) is 0 Å². The van der Waals surface area contributed by atoms with Crippen molar-refractivity contribution in [2.75, 3.05) is 6.54 Å². The zero-order valence-corrected chi connectivity index (χ0v) is 14.4. The van der Waals surface area contributed by atoms with Gasteiger partial charge in [-0.15, -0.1) is 0 Å². The third kappa shape index (κ3) is 3.45. The van der Waals surface area contributed by atoms with E-state index in [9.17, 15) is 0 Å². The molecule has 0 aliphatic heterocycles. The highest BCUT2D eigenvalue weighted by Gasteiger charge is 2.15. The fourth-order valence-electron chi connectivity index (χ4n) is 3.08. The van der Waals surface area contributed by atoms with E-state index in [2.05, 4.69) is 78.1 Å². The van der Waals surface area contributed by atoms with Gasteiger partial charge in [0.1, 0.15) is 5.82 Å². The maximum absolute atomic E-state index is 4.49. The number of hydrogen-bond acceptors (Lipinski definition) is 2. The van der Waals surface area contributed by atoms with Crippen LogP contribution in [-0.2, 0) is 6.54 Å². The summed E-state index contributed by atoms with van der Waals surface area (Å²) in [5, 5.41) is 0. The Balaban J connectivity index is 1.82. The largest absolute Gasteiger partial charge is 0.342 e. The summed E-state index contributed by atoms with van der Waals surface area (Å²) in [4.78, 5) is 10.3. The third-order valence-electron chi connectivity index (χ3n) is 4.57. The van der Waals surface area contributed by atoms with Crippen LogP contribution in [0.2, 0.25) is 0 Å². The molecule has 0 amide bonds. The number of rotatable bonds is 5. The second kappa shape index (κ2) is 6.55. The maximum atomic E-state index is 4.49. The van der Waals surface area contributed by atoms with Gasteiger partial charge in [-0.3, -0.25) is 4.90 Å². The van der Waals surface area contributed by atoms with Crippen LogP contribution >= 0.6 is 0 Å². The highest BCUT2D eigenvalue weighted by atomic mass is 15.1. The molecule has 0 fully saturated rings. The number of H-pyrrole nitrogens is 1. The maximum Gasteiger partial charge on any atom is 0.104 e. The highest BCUT2D eigenvalue weighted by molar-refractivity contribution is 5.75. The van der Waals surface area contributed by atoms with E-state index in [-0.39, 0.29) is 0 Å². The predicted molar refractivity (Wildman–Crippen MR) is 96.5 cm³/mol. The van der Waals surface area contributed by atoms with Crippen molar-refractivity contribution in [1.82, 2.24) is 14.9 Å². The molecule has 0 aliphatic carbocycles. The van der Waals surface area contributed by atoms with Crippen LogP contribution in [0.3, 0.4) is 0 Å². The van der Waals surface area contributed by atoms with Crippen molar-refractivity contribution in [2.24, 2.45) is 0 Å². The predicted octanol–water partition coefficient (Wildman–Crippen LogP) is 4.76. The van der Waals surface area contributed by atoms with E-state index in [0.29, 0.717) is 6.04 Å². The van der Waals surface area contributed by atoms with Gasteiger partial charge in [0.15, 0.2) is 0 Å². The minimum absolute atomic E-state index is 0.370. The van der Waals surface area contributed by atoms with Gasteiger partial charge >= 0.3 is 0 Å². The minimum atomic E-state index is 0.370. The highest BCUT2D eigenvalue weighted by Crippen LogP contribution is 2.25. The number of aromatic nitrogens is 2. The fraction of sp³-hybridized carbons (Fsp3) is 0.350. The Morgan fingerprint density at radius 2 is 1.83 bits per heavy atom. The first-order valence-electron chi connectivity index (χ1n) is 8.32. The zero-order valence-electron chi connectivity index (χ0n) is 14.4. The lowest BCUT2D eigenvalue weighted by Gasteiger charge is -2.28. The topological polar surface area (TPSA) is 31.9 Å². The lowest BCUT2D eigenvalue weighted by molar-refractivity contribution is 0.213. The van der Waals surface area contributed by atoms with Gasteiger partial charge in [-0.25, -0.2) is 4.98 Å². The number of nitrogens with one attached hydrogen (secondary N) is 1. The Labute approximate surface area is 138 Å². The van der Waals surface area contributed by atoms with E-state index in [4.69, 9.17) is 0 Å². The van der Waals surface area contributed by atoms with E-state index in [1.165, 1.54) is 16.7 Å². The van der Waals surface area contributed by atoms with Crippen LogP contribution in [-0.4, -0.2) is 21.4 Å². The average Bonchev–Trinajstić information content (AvgIpc) is 2.92. The Morgan fingerprint density at radius 1 is 1.09 bits per heavy atom. The van der Waals surface area contributed by atoms with Gasteiger partial charge in [-0.1, -0.05) is 42.8 Å². The second-order valence-electron chi connectivity index (χ2n) is 6.32. The molecule has 1 atom stereocenters. The second-order valence-corrected chi connectivity index (χ2v) is 6.32. The van der Waals surface area contributed by atoms with Crippen LogP contribution < -0.4 is 0 Å². The van der Waals surface area contributed by atoms with Gasteiger partial charge in [0.2, 0.25) is 0 Å². The molecular weight excluding hydrogens is 282 g/mol. The standard InChI is InChI=1S/C20H25N3/c1-5-23(13-17-8-6-14(2)7-9-17)15(3)18-10-11-19-20(12-18)22-16(4)21-19/h6-12,15H,5,13H2,1-4H3,(H,21,22). The summed E-state index contributed by atoms with van der Waals surface area (Å²) >= 11 is 0. The van der Waals surface area contributed by atoms with E-state index in [0.717, 1.165) is 29.9 Å². The van der Waals surface area contributed by atoms with Gasteiger partial charge in [0.25, 0.3) is 0 Å². The summed E-state index contributed by atoms with van der Waals surface area (Å²) in [6.07, 6.45) is 0. The van der Waals surface area contributed by atoms with Crippen LogP contribution in [0.25, 0.3) is 11.0 Å². The Kier molecular flexibility index (Phi) is 4.49.